The molecule has 4 saturated carbocycles. The fourth-order valence-electron chi connectivity index (χ4n) is 8.26. The maximum Gasteiger partial charge on any atom is 0.302 e. The molecule has 0 aromatic heterocycles. The van der Waals surface area contributed by atoms with Gasteiger partial charge in [-0.3, -0.25) is 9.59 Å². The molecule has 4 aliphatic rings. The van der Waals surface area contributed by atoms with Gasteiger partial charge in [-0.1, -0.05) is 13.8 Å². The van der Waals surface area contributed by atoms with E-state index in [0.717, 1.165) is 44.9 Å². The van der Waals surface area contributed by atoms with Crippen molar-refractivity contribution in [3.8, 4) is 0 Å². The lowest BCUT2D eigenvalue weighted by atomic mass is 9.44. The minimum absolute atomic E-state index is 0.0811. The highest BCUT2D eigenvalue weighted by Gasteiger charge is 2.63. The second kappa shape index (κ2) is 6.57. The van der Waals surface area contributed by atoms with Crippen molar-refractivity contribution < 1.29 is 19.4 Å². The van der Waals surface area contributed by atoms with E-state index >= 15 is 0 Å². The van der Waals surface area contributed by atoms with Crippen LogP contribution in [0.5, 0.6) is 0 Å². The third-order valence-corrected chi connectivity index (χ3v) is 9.43. The minimum Gasteiger partial charge on any atom is -0.462 e. The highest BCUT2D eigenvalue weighted by atomic mass is 16.5. The summed E-state index contributed by atoms with van der Waals surface area (Å²) in [6.45, 7) is 8.03. The quantitative estimate of drug-likeness (QED) is 0.736. The Morgan fingerprint density at radius 3 is 2.22 bits per heavy atom. The van der Waals surface area contributed by atoms with Gasteiger partial charge in [0, 0.05) is 18.8 Å². The Morgan fingerprint density at radius 2 is 1.56 bits per heavy atom. The largest absolute Gasteiger partial charge is 0.462 e. The van der Waals surface area contributed by atoms with Gasteiger partial charge in [0.25, 0.3) is 0 Å². The van der Waals surface area contributed by atoms with Crippen LogP contribution in [0.15, 0.2) is 0 Å². The number of hydrogen-bond donors (Lipinski definition) is 1. The molecule has 0 saturated heterocycles. The smallest absolute Gasteiger partial charge is 0.302 e. The van der Waals surface area contributed by atoms with Crippen molar-refractivity contribution in [1.29, 1.82) is 0 Å². The number of aliphatic hydroxyl groups is 1. The number of aliphatic hydroxyl groups excluding tert-OH is 1. The van der Waals surface area contributed by atoms with Crippen LogP contribution < -0.4 is 0 Å². The Hall–Kier alpha value is -0.900. The highest BCUT2D eigenvalue weighted by molar-refractivity contribution is 5.79. The molecular formula is C23H36O4. The van der Waals surface area contributed by atoms with Crippen molar-refractivity contribution >= 4 is 11.8 Å². The van der Waals surface area contributed by atoms with Gasteiger partial charge < -0.3 is 9.84 Å². The zero-order chi connectivity index (χ0) is 19.6. The van der Waals surface area contributed by atoms with Crippen LogP contribution in [0.4, 0.5) is 0 Å². The van der Waals surface area contributed by atoms with Crippen molar-refractivity contribution in [2.45, 2.75) is 91.3 Å². The predicted octanol–water partition coefficient (Wildman–Crippen LogP) is 4.14. The van der Waals surface area contributed by atoms with Crippen LogP contribution in [0.25, 0.3) is 0 Å². The number of Topliss-reactive ketones (excluding diaryl/α,β-unsaturated/α-hetero) is 1. The number of ketones is 1. The zero-order valence-corrected chi connectivity index (χ0v) is 17.4. The van der Waals surface area contributed by atoms with Crippen LogP contribution in [0, 0.1) is 40.4 Å². The summed E-state index contributed by atoms with van der Waals surface area (Å²) >= 11 is 0. The third-order valence-electron chi connectivity index (χ3n) is 9.43. The molecule has 9 atom stereocenters. The summed E-state index contributed by atoms with van der Waals surface area (Å²) in [5.41, 5.74) is 0.253. The zero-order valence-electron chi connectivity index (χ0n) is 17.4. The molecule has 0 amide bonds. The summed E-state index contributed by atoms with van der Waals surface area (Å²) in [7, 11) is 0. The van der Waals surface area contributed by atoms with Crippen molar-refractivity contribution in [1.82, 2.24) is 0 Å². The van der Waals surface area contributed by atoms with Gasteiger partial charge in [0.1, 0.15) is 11.9 Å². The molecule has 27 heavy (non-hydrogen) atoms. The number of fused-ring (bicyclic) bond motifs is 5. The van der Waals surface area contributed by atoms with Crippen molar-refractivity contribution in [2.75, 3.05) is 0 Å². The first-order valence-corrected chi connectivity index (χ1v) is 11.0. The second-order valence-electron chi connectivity index (χ2n) is 10.6. The lowest BCUT2D eigenvalue weighted by Gasteiger charge is -2.62. The molecule has 0 bridgehead atoms. The fourth-order valence-corrected chi connectivity index (χ4v) is 8.26. The number of carbonyl (C=O) groups excluding carboxylic acids is 2. The van der Waals surface area contributed by atoms with Gasteiger partial charge in [-0.05, 0) is 86.9 Å². The molecule has 0 spiro atoms. The van der Waals surface area contributed by atoms with Gasteiger partial charge in [-0.25, -0.2) is 0 Å². The molecule has 0 aliphatic heterocycles. The molecule has 0 aromatic carbocycles. The van der Waals surface area contributed by atoms with Gasteiger partial charge in [-0.15, -0.1) is 0 Å². The van der Waals surface area contributed by atoms with E-state index < -0.39 is 0 Å². The average molecular weight is 377 g/mol. The summed E-state index contributed by atoms with van der Waals surface area (Å²) < 4.78 is 5.86. The molecule has 4 rings (SSSR count). The molecule has 152 valence electrons. The van der Waals surface area contributed by atoms with E-state index in [4.69, 9.17) is 4.74 Å². The second-order valence-corrected chi connectivity index (χ2v) is 10.6. The van der Waals surface area contributed by atoms with Crippen LogP contribution >= 0.6 is 0 Å². The monoisotopic (exact) mass is 376 g/mol. The van der Waals surface area contributed by atoms with Crippen molar-refractivity contribution in [2.24, 2.45) is 40.4 Å². The maximum atomic E-state index is 12.3. The normalized spacial score (nSPS) is 51.7. The highest BCUT2D eigenvalue weighted by Crippen LogP contribution is 2.67. The van der Waals surface area contributed by atoms with Crippen LogP contribution in [-0.2, 0) is 14.3 Å². The molecule has 0 heterocycles. The number of rotatable bonds is 2. The number of ether oxygens (including phenoxy) is 1. The summed E-state index contributed by atoms with van der Waals surface area (Å²) in [6.07, 6.45) is 7.71. The van der Waals surface area contributed by atoms with Crippen LogP contribution in [0.2, 0.25) is 0 Å². The molecule has 4 heteroatoms. The van der Waals surface area contributed by atoms with Crippen molar-refractivity contribution in [3.63, 3.8) is 0 Å². The summed E-state index contributed by atoms with van der Waals surface area (Å²) in [5.74, 6) is 2.35. The van der Waals surface area contributed by atoms with Crippen LogP contribution in [-0.4, -0.2) is 29.1 Å². The van der Waals surface area contributed by atoms with Gasteiger partial charge in [0.2, 0.25) is 0 Å². The number of esters is 1. The van der Waals surface area contributed by atoms with Gasteiger partial charge >= 0.3 is 5.97 Å². The van der Waals surface area contributed by atoms with E-state index in [9.17, 15) is 14.7 Å². The van der Waals surface area contributed by atoms with E-state index in [1.54, 1.807) is 6.92 Å². The Kier molecular flexibility index (Phi) is 4.73. The van der Waals surface area contributed by atoms with E-state index in [2.05, 4.69) is 13.8 Å². The molecule has 0 unspecified atom stereocenters. The average Bonchev–Trinajstić information content (AvgIpc) is 2.93. The molecule has 0 radical (unpaired) electrons. The lowest BCUT2D eigenvalue weighted by molar-refractivity contribution is -0.191. The summed E-state index contributed by atoms with van der Waals surface area (Å²) in [6, 6.07) is 0. The SMILES string of the molecule is CC(=O)O[C@H]1C[C@@H]2[C@H](CC[C@]3(C)[C@@H](C(C)=O)CC[C@@H]23)[C@@]2(C)CC[C@H](O)C[C@H]12. The summed E-state index contributed by atoms with van der Waals surface area (Å²) in [4.78, 5) is 24.1. The molecular weight excluding hydrogens is 340 g/mol. The minimum atomic E-state index is -0.264. The summed E-state index contributed by atoms with van der Waals surface area (Å²) in [5, 5.41) is 10.3. The fraction of sp³-hybridized carbons (Fsp3) is 0.913. The standard InChI is InChI=1S/C23H36O4/c1-13(24)17-5-6-18-16-12-21(27-14(2)25)20-11-15(26)7-9-23(20,4)19(16)8-10-22(17,18)3/h15-21,26H,5-12H2,1-4H3/t15-,16-,17+,18-,19-,20+,21-,22+,23+/m0/s1. The number of hydrogen-bond acceptors (Lipinski definition) is 4. The van der Waals surface area contributed by atoms with Crippen LogP contribution in [0.1, 0.15) is 79.1 Å². The van der Waals surface area contributed by atoms with E-state index in [0.29, 0.717) is 23.5 Å². The first-order valence-electron chi connectivity index (χ1n) is 11.0. The molecule has 4 aliphatic carbocycles. The topological polar surface area (TPSA) is 63.6 Å². The molecule has 0 aromatic rings. The van der Waals surface area contributed by atoms with Crippen LogP contribution in [0.3, 0.4) is 0 Å². The Bertz CT molecular complexity index is 630. The van der Waals surface area contributed by atoms with E-state index in [1.165, 1.54) is 13.3 Å². The van der Waals surface area contributed by atoms with Crippen molar-refractivity contribution in [3.05, 3.63) is 0 Å². The number of carbonyl (C=O) groups is 2. The Labute approximate surface area is 163 Å². The lowest BCUT2D eigenvalue weighted by Crippen LogP contribution is -2.59. The van der Waals surface area contributed by atoms with Gasteiger partial charge in [-0.2, -0.15) is 0 Å². The Balaban J connectivity index is 1.68. The first kappa shape index (κ1) is 19.4. The van der Waals surface area contributed by atoms with E-state index in [-0.39, 0.29) is 40.8 Å². The third kappa shape index (κ3) is 2.89. The van der Waals surface area contributed by atoms with Gasteiger partial charge in [0.15, 0.2) is 0 Å². The molecule has 4 nitrogen and oxygen atoms in total. The first-order chi connectivity index (χ1) is 12.7. The van der Waals surface area contributed by atoms with E-state index in [1.807, 2.05) is 0 Å². The molecule has 1 N–H and O–H groups in total. The van der Waals surface area contributed by atoms with Gasteiger partial charge in [0.05, 0.1) is 6.10 Å². The predicted molar refractivity (Wildman–Crippen MR) is 103 cm³/mol. The Morgan fingerprint density at radius 1 is 0.889 bits per heavy atom. The maximum absolute atomic E-state index is 12.3. The molecule has 4 fully saturated rings.